The summed E-state index contributed by atoms with van der Waals surface area (Å²) in [6.07, 6.45) is 0. The first-order valence-electron chi connectivity index (χ1n) is 6.78. The van der Waals surface area contributed by atoms with Crippen LogP contribution in [0.25, 0.3) is 0 Å². The number of nitrogens with one attached hydrogen (secondary N) is 1. The SMILES string of the molecule is COc1cc(N2CCNC(C)(C)C2)c([N+](=O)[O-])cc1OC. The summed E-state index contributed by atoms with van der Waals surface area (Å²) in [5.74, 6) is 0.858. The number of piperazine rings is 1. The lowest BCUT2D eigenvalue weighted by Gasteiger charge is -2.40. The Labute approximate surface area is 124 Å². The predicted octanol–water partition coefficient (Wildman–Crippen LogP) is 1.80. The molecule has 0 bridgehead atoms. The van der Waals surface area contributed by atoms with Crippen LogP contribution in [-0.4, -0.2) is 44.3 Å². The van der Waals surface area contributed by atoms with Gasteiger partial charge in [-0.2, -0.15) is 0 Å². The second kappa shape index (κ2) is 5.77. The third kappa shape index (κ3) is 3.18. The van der Waals surface area contributed by atoms with Gasteiger partial charge in [-0.25, -0.2) is 0 Å². The fraction of sp³-hybridized carbons (Fsp3) is 0.571. The summed E-state index contributed by atoms with van der Waals surface area (Å²) in [6.45, 7) is 6.32. The largest absolute Gasteiger partial charge is 0.493 e. The molecule has 2 rings (SSSR count). The van der Waals surface area contributed by atoms with Crippen LogP contribution in [0.4, 0.5) is 11.4 Å². The lowest BCUT2D eigenvalue weighted by atomic mass is 10.0. The van der Waals surface area contributed by atoms with E-state index in [-0.39, 0.29) is 16.1 Å². The smallest absolute Gasteiger partial charge is 0.296 e. The molecule has 0 unspecified atom stereocenters. The standard InChI is InChI=1S/C14H21N3O4/c1-14(2)9-16(6-5-15-14)10-7-12(20-3)13(21-4)8-11(10)17(18)19/h7-8,15H,5-6,9H2,1-4H3. The zero-order chi connectivity index (χ0) is 15.6. The highest BCUT2D eigenvalue weighted by atomic mass is 16.6. The summed E-state index contributed by atoms with van der Waals surface area (Å²) >= 11 is 0. The first-order valence-corrected chi connectivity index (χ1v) is 6.78. The molecule has 0 aliphatic carbocycles. The Morgan fingerprint density at radius 2 is 1.90 bits per heavy atom. The Bertz CT molecular complexity index is 545. The Morgan fingerprint density at radius 1 is 1.29 bits per heavy atom. The fourth-order valence-electron chi connectivity index (χ4n) is 2.60. The highest BCUT2D eigenvalue weighted by molar-refractivity contribution is 5.70. The van der Waals surface area contributed by atoms with Crippen LogP contribution in [0.5, 0.6) is 11.5 Å². The van der Waals surface area contributed by atoms with E-state index in [1.807, 2.05) is 4.90 Å². The van der Waals surface area contributed by atoms with Crippen molar-refractivity contribution in [3.8, 4) is 11.5 Å². The molecule has 0 radical (unpaired) electrons. The van der Waals surface area contributed by atoms with Gasteiger partial charge in [0, 0.05) is 31.2 Å². The van der Waals surface area contributed by atoms with Gasteiger partial charge in [0.2, 0.25) is 0 Å². The van der Waals surface area contributed by atoms with Crippen molar-refractivity contribution in [3.63, 3.8) is 0 Å². The lowest BCUT2D eigenvalue weighted by molar-refractivity contribution is -0.384. The number of rotatable bonds is 4. The van der Waals surface area contributed by atoms with Crippen LogP contribution in [0.3, 0.4) is 0 Å². The summed E-state index contributed by atoms with van der Waals surface area (Å²) in [7, 11) is 2.99. The van der Waals surface area contributed by atoms with Gasteiger partial charge in [0.25, 0.3) is 5.69 Å². The molecule has 1 aliphatic rings. The number of nitro groups is 1. The molecular weight excluding hydrogens is 274 g/mol. The van der Waals surface area contributed by atoms with Crippen LogP contribution in [-0.2, 0) is 0 Å². The van der Waals surface area contributed by atoms with Crippen molar-refractivity contribution < 1.29 is 14.4 Å². The average molecular weight is 295 g/mol. The number of ether oxygens (including phenoxy) is 2. The maximum absolute atomic E-state index is 11.4. The molecule has 1 N–H and O–H groups in total. The van der Waals surface area contributed by atoms with Crippen LogP contribution < -0.4 is 19.7 Å². The molecule has 0 atom stereocenters. The minimum absolute atomic E-state index is 0.0327. The molecule has 0 aromatic heterocycles. The number of hydrogen-bond donors (Lipinski definition) is 1. The second-order valence-corrected chi connectivity index (χ2v) is 5.69. The van der Waals surface area contributed by atoms with Crippen LogP contribution in [0, 0.1) is 10.1 Å². The van der Waals surface area contributed by atoms with Crippen molar-refractivity contribution >= 4 is 11.4 Å². The highest BCUT2D eigenvalue weighted by Gasteiger charge is 2.30. The molecule has 1 heterocycles. The molecule has 116 valence electrons. The van der Waals surface area contributed by atoms with E-state index in [4.69, 9.17) is 9.47 Å². The summed E-state index contributed by atoms with van der Waals surface area (Å²) in [6, 6.07) is 3.10. The number of nitro benzene ring substituents is 1. The number of methoxy groups -OCH3 is 2. The predicted molar refractivity (Wildman–Crippen MR) is 80.5 cm³/mol. The molecule has 0 spiro atoms. The van der Waals surface area contributed by atoms with E-state index in [9.17, 15) is 10.1 Å². The summed E-state index contributed by atoms with van der Waals surface area (Å²) in [5, 5.41) is 14.8. The van der Waals surface area contributed by atoms with Crippen LogP contribution >= 0.6 is 0 Å². The first-order chi connectivity index (χ1) is 9.88. The minimum atomic E-state index is -0.383. The van der Waals surface area contributed by atoms with Crippen molar-refractivity contribution in [2.45, 2.75) is 19.4 Å². The zero-order valence-electron chi connectivity index (χ0n) is 12.8. The Kier molecular flexibility index (Phi) is 4.22. The molecule has 0 amide bonds. The van der Waals surface area contributed by atoms with Crippen molar-refractivity contribution in [3.05, 3.63) is 22.2 Å². The van der Waals surface area contributed by atoms with Gasteiger partial charge in [-0.1, -0.05) is 0 Å². The molecular formula is C14H21N3O4. The van der Waals surface area contributed by atoms with E-state index in [2.05, 4.69) is 19.2 Å². The Balaban J connectivity index is 2.48. The normalized spacial score (nSPS) is 17.4. The lowest BCUT2D eigenvalue weighted by Crippen LogP contribution is -2.57. The number of anilines is 1. The molecule has 21 heavy (non-hydrogen) atoms. The quantitative estimate of drug-likeness (QED) is 0.674. The fourth-order valence-corrected chi connectivity index (χ4v) is 2.60. The van der Waals surface area contributed by atoms with E-state index in [1.54, 1.807) is 6.07 Å². The number of benzene rings is 1. The van der Waals surface area contributed by atoms with E-state index in [0.717, 1.165) is 6.54 Å². The molecule has 1 saturated heterocycles. The van der Waals surface area contributed by atoms with Crippen molar-refractivity contribution in [2.75, 3.05) is 38.8 Å². The van der Waals surface area contributed by atoms with E-state index in [1.165, 1.54) is 20.3 Å². The summed E-state index contributed by atoms with van der Waals surface area (Å²) in [4.78, 5) is 13.0. The first kappa shape index (κ1) is 15.4. The van der Waals surface area contributed by atoms with Crippen LogP contribution in [0.2, 0.25) is 0 Å². The van der Waals surface area contributed by atoms with E-state index in [0.29, 0.717) is 30.3 Å². The van der Waals surface area contributed by atoms with Crippen LogP contribution in [0.15, 0.2) is 12.1 Å². The molecule has 7 nitrogen and oxygen atoms in total. The zero-order valence-corrected chi connectivity index (χ0v) is 12.8. The van der Waals surface area contributed by atoms with Gasteiger partial charge >= 0.3 is 0 Å². The minimum Gasteiger partial charge on any atom is -0.493 e. The average Bonchev–Trinajstić information content (AvgIpc) is 2.44. The second-order valence-electron chi connectivity index (χ2n) is 5.69. The Morgan fingerprint density at radius 3 is 2.43 bits per heavy atom. The van der Waals surface area contributed by atoms with Gasteiger partial charge in [-0.05, 0) is 13.8 Å². The van der Waals surface area contributed by atoms with Crippen LogP contribution in [0.1, 0.15) is 13.8 Å². The molecule has 0 saturated carbocycles. The maximum Gasteiger partial charge on any atom is 0.296 e. The summed E-state index contributed by atoms with van der Waals surface area (Å²) < 4.78 is 10.4. The monoisotopic (exact) mass is 295 g/mol. The van der Waals surface area contributed by atoms with Gasteiger partial charge in [-0.3, -0.25) is 10.1 Å². The van der Waals surface area contributed by atoms with Gasteiger partial charge in [0.15, 0.2) is 11.5 Å². The van der Waals surface area contributed by atoms with Gasteiger partial charge in [0.1, 0.15) is 5.69 Å². The van der Waals surface area contributed by atoms with Gasteiger partial charge in [-0.15, -0.1) is 0 Å². The molecule has 1 aromatic rings. The topological polar surface area (TPSA) is 76.9 Å². The highest BCUT2D eigenvalue weighted by Crippen LogP contribution is 2.40. The van der Waals surface area contributed by atoms with Crippen molar-refractivity contribution in [1.29, 1.82) is 0 Å². The third-order valence-electron chi connectivity index (χ3n) is 3.59. The number of hydrogen-bond acceptors (Lipinski definition) is 6. The molecule has 1 fully saturated rings. The van der Waals surface area contributed by atoms with E-state index < -0.39 is 0 Å². The van der Waals surface area contributed by atoms with Crippen molar-refractivity contribution in [1.82, 2.24) is 5.32 Å². The number of nitrogens with zero attached hydrogens (tertiary/aromatic N) is 2. The van der Waals surface area contributed by atoms with Gasteiger partial charge in [0.05, 0.1) is 25.2 Å². The summed E-state index contributed by atoms with van der Waals surface area (Å²) in [5.41, 5.74) is 0.497. The van der Waals surface area contributed by atoms with Gasteiger partial charge < -0.3 is 19.7 Å². The Hall–Kier alpha value is -2.02. The molecule has 1 aromatic carbocycles. The van der Waals surface area contributed by atoms with E-state index >= 15 is 0 Å². The molecule has 7 heteroatoms. The van der Waals surface area contributed by atoms with Crippen molar-refractivity contribution in [2.24, 2.45) is 0 Å². The third-order valence-corrected chi connectivity index (χ3v) is 3.59. The molecule has 1 aliphatic heterocycles. The maximum atomic E-state index is 11.4.